The topological polar surface area (TPSA) is 20.2 Å². The Morgan fingerprint density at radius 3 is 2.45 bits per heavy atom. The highest BCUT2D eigenvalue weighted by atomic mass is 16.3. The number of rotatable bonds is 7. The smallest absolute Gasteiger partial charge is 0.0540 e. The zero-order valence-electron chi connectivity index (χ0n) is 7.68. The average Bonchev–Trinajstić information content (AvgIpc) is 1.99. The third-order valence-electron chi connectivity index (χ3n) is 1.91. The molecule has 0 rings (SSSR count). The zero-order valence-corrected chi connectivity index (χ0v) is 7.68. The van der Waals surface area contributed by atoms with E-state index in [1.54, 1.807) is 0 Å². The van der Waals surface area contributed by atoms with Gasteiger partial charge >= 0.3 is 0 Å². The maximum absolute atomic E-state index is 9.33. The quantitative estimate of drug-likeness (QED) is 0.563. The molecule has 1 unspecified atom stereocenters. The molecule has 1 N–H and O–H groups in total. The van der Waals surface area contributed by atoms with Crippen LogP contribution in [0.2, 0.25) is 0 Å². The minimum atomic E-state index is -0.0511. The monoisotopic (exact) mass is 157 g/mol. The third-order valence-corrected chi connectivity index (χ3v) is 1.91. The van der Waals surface area contributed by atoms with E-state index in [4.69, 9.17) is 0 Å². The van der Waals surface area contributed by atoms with Crippen LogP contribution in [0, 0.1) is 6.92 Å². The summed E-state index contributed by atoms with van der Waals surface area (Å²) in [5.74, 6) is 0. The molecular formula is C10H21O. The van der Waals surface area contributed by atoms with E-state index in [9.17, 15) is 5.11 Å². The second-order valence-electron chi connectivity index (χ2n) is 3.15. The predicted octanol–water partition coefficient (Wildman–Crippen LogP) is 2.93. The molecule has 0 aromatic carbocycles. The van der Waals surface area contributed by atoms with Gasteiger partial charge in [-0.3, -0.25) is 0 Å². The van der Waals surface area contributed by atoms with Gasteiger partial charge in [-0.2, -0.15) is 0 Å². The van der Waals surface area contributed by atoms with Gasteiger partial charge in [-0.25, -0.2) is 0 Å². The maximum atomic E-state index is 9.33. The van der Waals surface area contributed by atoms with Crippen LogP contribution in [0.1, 0.15) is 51.9 Å². The highest BCUT2D eigenvalue weighted by Gasteiger charge is 2.00. The van der Waals surface area contributed by atoms with Crippen LogP contribution in [-0.2, 0) is 0 Å². The lowest BCUT2D eigenvalue weighted by Crippen LogP contribution is -2.04. The molecule has 1 radical (unpaired) electrons. The van der Waals surface area contributed by atoms with Crippen LogP contribution in [0.15, 0.2) is 0 Å². The summed E-state index contributed by atoms with van der Waals surface area (Å²) in [5.41, 5.74) is 0. The summed E-state index contributed by atoms with van der Waals surface area (Å²) >= 11 is 0. The highest BCUT2D eigenvalue weighted by molar-refractivity contribution is 4.55. The van der Waals surface area contributed by atoms with E-state index in [0.717, 1.165) is 32.1 Å². The van der Waals surface area contributed by atoms with E-state index in [1.165, 1.54) is 12.8 Å². The molecule has 0 heterocycles. The van der Waals surface area contributed by atoms with Crippen molar-refractivity contribution < 1.29 is 5.11 Å². The maximum Gasteiger partial charge on any atom is 0.0540 e. The second-order valence-corrected chi connectivity index (χ2v) is 3.15. The Balaban J connectivity index is 2.97. The molecule has 67 valence electrons. The first-order chi connectivity index (χ1) is 5.31. The molecule has 0 aliphatic heterocycles. The van der Waals surface area contributed by atoms with Gasteiger partial charge in [0, 0.05) is 0 Å². The van der Waals surface area contributed by atoms with Crippen LogP contribution in [-0.4, -0.2) is 11.2 Å². The van der Waals surface area contributed by atoms with E-state index in [1.807, 2.05) is 0 Å². The summed E-state index contributed by atoms with van der Waals surface area (Å²) in [6.45, 7) is 5.89. The van der Waals surface area contributed by atoms with Crippen LogP contribution in [0.4, 0.5) is 0 Å². The van der Waals surface area contributed by atoms with Crippen molar-refractivity contribution in [3.8, 4) is 0 Å². The summed E-state index contributed by atoms with van der Waals surface area (Å²) in [6, 6.07) is 0. The summed E-state index contributed by atoms with van der Waals surface area (Å²) < 4.78 is 0. The average molecular weight is 157 g/mol. The Bertz CT molecular complexity index is 71.3. The van der Waals surface area contributed by atoms with Gasteiger partial charge < -0.3 is 5.11 Å². The van der Waals surface area contributed by atoms with Crippen LogP contribution in [0.5, 0.6) is 0 Å². The van der Waals surface area contributed by atoms with Gasteiger partial charge in [0.2, 0.25) is 0 Å². The van der Waals surface area contributed by atoms with E-state index in [0.29, 0.717) is 0 Å². The molecular weight excluding hydrogens is 136 g/mol. The van der Waals surface area contributed by atoms with E-state index < -0.39 is 0 Å². The van der Waals surface area contributed by atoms with Crippen LogP contribution in [0.25, 0.3) is 0 Å². The number of unbranched alkanes of at least 4 members (excludes halogenated alkanes) is 3. The lowest BCUT2D eigenvalue weighted by atomic mass is 10.1. The summed E-state index contributed by atoms with van der Waals surface area (Å²) in [5, 5.41) is 9.33. The molecule has 0 aliphatic carbocycles. The fraction of sp³-hybridized carbons (Fsp3) is 0.900. The Hall–Kier alpha value is -0.0400. The van der Waals surface area contributed by atoms with Gasteiger partial charge in [0.25, 0.3) is 0 Å². The first-order valence-corrected chi connectivity index (χ1v) is 4.78. The molecule has 1 atom stereocenters. The van der Waals surface area contributed by atoms with E-state index in [-0.39, 0.29) is 6.10 Å². The fourth-order valence-corrected chi connectivity index (χ4v) is 1.21. The van der Waals surface area contributed by atoms with Crippen molar-refractivity contribution in [2.24, 2.45) is 0 Å². The molecule has 0 aromatic rings. The second kappa shape index (κ2) is 8.06. The van der Waals surface area contributed by atoms with Crippen LogP contribution in [0.3, 0.4) is 0 Å². The molecule has 0 saturated carbocycles. The number of hydrogen-bond donors (Lipinski definition) is 1. The van der Waals surface area contributed by atoms with Crippen LogP contribution >= 0.6 is 0 Å². The van der Waals surface area contributed by atoms with Gasteiger partial charge in [0.05, 0.1) is 6.10 Å². The zero-order chi connectivity index (χ0) is 8.53. The first kappa shape index (κ1) is 11.0. The Morgan fingerprint density at radius 2 is 1.91 bits per heavy atom. The third kappa shape index (κ3) is 7.86. The molecule has 1 heteroatoms. The molecule has 11 heavy (non-hydrogen) atoms. The lowest BCUT2D eigenvalue weighted by molar-refractivity contribution is 0.150. The van der Waals surface area contributed by atoms with Gasteiger partial charge in [0.1, 0.15) is 0 Å². The summed E-state index contributed by atoms with van der Waals surface area (Å²) in [7, 11) is 0. The van der Waals surface area contributed by atoms with Crippen molar-refractivity contribution in [2.45, 2.75) is 58.0 Å². The minimum Gasteiger partial charge on any atom is -0.393 e. The SMILES string of the molecule is [CH2]CCCCCC(O)CCC. The number of aliphatic hydroxyl groups is 1. The highest BCUT2D eigenvalue weighted by Crippen LogP contribution is 2.08. The standard InChI is InChI=1S/C10H21O/c1-3-5-6-7-9-10(11)8-4-2/h10-11H,1,3-9H2,2H3. The Kier molecular flexibility index (Phi) is 8.03. The van der Waals surface area contributed by atoms with Gasteiger partial charge in [-0.05, 0) is 12.8 Å². The molecule has 0 bridgehead atoms. The van der Waals surface area contributed by atoms with Crippen molar-refractivity contribution in [2.75, 3.05) is 0 Å². The molecule has 1 nitrogen and oxygen atoms in total. The summed E-state index contributed by atoms with van der Waals surface area (Å²) in [4.78, 5) is 0. The van der Waals surface area contributed by atoms with E-state index in [2.05, 4.69) is 13.8 Å². The molecule has 0 aliphatic rings. The van der Waals surface area contributed by atoms with E-state index >= 15 is 0 Å². The molecule has 0 aromatic heterocycles. The van der Waals surface area contributed by atoms with Crippen molar-refractivity contribution in [1.82, 2.24) is 0 Å². The normalized spacial score (nSPS) is 13.4. The van der Waals surface area contributed by atoms with Gasteiger partial charge in [-0.15, -0.1) is 0 Å². The summed E-state index contributed by atoms with van der Waals surface area (Å²) in [6.07, 6.45) is 7.61. The van der Waals surface area contributed by atoms with Crippen molar-refractivity contribution in [3.05, 3.63) is 6.92 Å². The van der Waals surface area contributed by atoms with Crippen molar-refractivity contribution >= 4 is 0 Å². The Labute approximate surface area is 70.8 Å². The van der Waals surface area contributed by atoms with Gasteiger partial charge in [-0.1, -0.05) is 46.0 Å². The van der Waals surface area contributed by atoms with Crippen molar-refractivity contribution in [3.63, 3.8) is 0 Å². The predicted molar refractivity (Wildman–Crippen MR) is 49.4 cm³/mol. The number of aliphatic hydroxyl groups excluding tert-OH is 1. The molecule has 0 amide bonds. The van der Waals surface area contributed by atoms with Crippen molar-refractivity contribution in [1.29, 1.82) is 0 Å². The van der Waals surface area contributed by atoms with Crippen LogP contribution < -0.4 is 0 Å². The fourth-order valence-electron chi connectivity index (χ4n) is 1.21. The largest absolute Gasteiger partial charge is 0.393 e. The molecule has 0 fully saturated rings. The minimum absolute atomic E-state index is 0.0511. The van der Waals surface area contributed by atoms with Gasteiger partial charge in [0.15, 0.2) is 0 Å². The Morgan fingerprint density at radius 1 is 1.18 bits per heavy atom. The lowest BCUT2D eigenvalue weighted by Gasteiger charge is -2.07. The first-order valence-electron chi connectivity index (χ1n) is 4.78. The molecule has 0 saturated heterocycles. The molecule has 0 spiro atoms. The number of hydrogen-bond acceptors (Lipinski definition) is 1.